The van der Waals surface area contributed by atoms with Gasteiger partial charge in [0.25, 0.3) is 0 Å². The number of carbonyl (C=O) groups excluding carboxylic acids is 1. The van der Waals surface area contributed by atoms with Crippen LogP contribution < -0.4 is 5.32 Å². The van der Waals surface area contributed by atoms with Crippen molar-refractivity contribution in [1.29, 1.82) is 0 Å². The second kappa shape index (κ2) is 7.63. The summed E-state index contributed by atoms with van der Waals surface area (Å²) in [4.78, 5) is 17.2. The quantitative estimate of drug-likeness (QED) is 0.867. The number of rotatable bonds is 5. The minimum atomic E-state index is -3.38. The first kappa shape index (κ1) is 18.9. The molecule has 1 fully saturated rings. The van der Waals surface area contributed by atoms with Crippen molar-refractivity contribution < 1.29 is 13.2 Å². The van der Waals surface area contributed by atoms with Gasteiger partial charge in [-0.1, -0.05) is 12.1 Å². The van der Waals surface area contributed by atoms with E-state index in [-0.39, 0.29) is 16.8 Å². The molecule has 0 spiro atoms. The number of piperazine rings is 1. The van der Waals surface area contributed by atoms with Crippen LogP contribution in [0.25, 0.3) is 0 Å². The van der Waals surface area contributed by atoms with Gasteiger partial charge < -0.3 is 5.32 Å². The van der Waals surface area contributed by atoms with Crippen molar-refractivity contribution >= 4 is 21.4 Å². The van der Waals surface area contributed by atoms with Crippen LogP contribution in [0, 0.1) is 0 Å². The minimum Gasteiger partial charge on any atom is -0.324 e. The van der Waals surface area contributed by atoms with Crippen molar-refractivity contribution in [2.45, 2.75) is 37.8 Å². The van der Waals surface area contributed by atoms with Gasteiger partial charge in [0.05, 0.1) is 16.6 Å². The fraction of sp³-hybridized carbons (Fsp3) is 0.588. The van der Waals surface area contributed by atoms with E-state index in [9.17, 15) is 13.2 Å². The summed E-state index contributed by atoms with van der Waals surface area (Å²) >= 11 is 0. The Morgan fingerprint density at radius 1 is 1.04 bits per heavy atom. The minimum absolute atomic E-state index is 0.148. The van der Waals surface area contributed by atoms with E-state index in [4.69, 9.17) is 0 Å². The Morgan fingerprint density at radius 2 is 1.58 bits per heavy atom. The van der Waals surface area contributed by atoms with Gasteiger partial charge in [-0.15, -0.1) is 0 Å². The molecule has 1 aromatic rings. The van der Waals surface area contributed by atoms with Gasteiger partial charge in [0.1, 0.15) is 0 Å². The van der Waals surface area contributed by atoms with Crippen molar-refractivity contribution in [2.24, 2.45) is 0 Å². The third-order valence-corrected chi connectivity index (χ3v) is 5.71. The molecule has 1 aliphatic heterocycles. The first-order chi connectivity index (χ1) is 11.2. The average molecular weight is 353 g/mol. The van der Waals surface area contributed by atoms with E-state index in [2.05, 4.69) is 29.0 Å². The highest BCUT2D eigenvalue weighted by Gasteiger charge is 2.27. The summed E-state index contributed by atoms with van der Waals surface area (Å²) in [5.74, 6) is -0.177. The average Bonchev–Trinajstić information content (AvgIpc) is 2.53. The van der Waals surface area contributed by atoms with Crippen molar-refractivity contribution in [2.75, 3.05) is 37.8 Å². The fourth-order valence-corrected chi connectivity index (χ4v) is 3.78. The number of carbonyl (C=O) groups is 1. The van der Waals surface area contributed by atoms with Crippen LogP contribution in [-0.4, -0.2) is 68.6 Å². The Hall–Kier alpha value is -1.44. The summed E-state index contributed by atoms with van der Waals surface area (Å²) in [6, 6.07) is 6.72. The number of amides is 1. The second-order valence-corrected chi connectivity index (χ2v) is 8.58. The Balaban J connectivity index is 2.03. The zero-order chi connectivity index (χ0) is 17.9. The highest BCUT2D eigenvalue weighted by molar-refractivity contribution is 7.90. The number of para-hydroxylation sites is 1. The van der Waals surface area contributed by atoms with Gasteiger partial charge >= 0.3 is 0 Å². The van der Waals surface area contributed by atoms with Crippen LogP contribution in [0.2, 0.25) is 0 Å². The van der Waals surface area contributed by atoms with E-state index >= 15 is 0 Å². The largest absolute Gasteiger partial charge is 0.324 e. The van der Waals surface area contributed by atoms with E-state index in [1.165, 1.54) is 6.07 Å². The van der Waals surface area contributed by atoms with Crippen molar-refractivity contribution in [1.82, 2.24) is 9.80 Å². The lowest BCUT2D eigenvalue weighted by Crippen LogP contribution is -2.54. The molecule has 0 saturated carbocycles. The van der Waals surface area contributed by atoms with Crippen molar-refractivity contribution in [3.05, 3.63) is 24.3 Å². The van der Waals surface area contributed by atoms with E-state index < -0.39 is 9.84 Å². The maximum atomic E-state index is 12.5. The second-order valence-electron chi connectivity index (χ2n) is 6.60. The molecule has 134 valence electrons. The first-order valence-corrected chi connectivity index (χ1v) is 10.2. The van der Waals surface area contributed by atoms with Crippen LogP contribution >= 0.6 is 0 Å². The number of anilines is 1. The summed E-state index contributed by atoms with van der Waals surface area (Å²) in [5, 5.41) is 2.77. The van der Waals surface area contributed by atoms with Gasteiger partial charge in [-0.25, -0.2) is 8.42 Å². The topological polar surface area (TPSA) is 69.7 Å². The van der Waals surface area contributed by atoms with Crippen LogP contribution in [0.15, 0.2) is 29.2 Å². The highest BCUT2D eigenvalue weighted by atomic mass is 32.2. The zero-order valence-corrected chi connectivity index (χ0v) is 15.6. The summed E-state index contributed by atoms with van der Waals surface area (Å²) in [5.41, 5.74) is 0.345. The standard InChI is InChI=1S/C17H27N3O3S/c1-13(2)19-9-11-20(12-10-19)14(3)17(21)18-15-7-5-6-8-16(15)24(4,22)23/h5-8,13-14H,9-12H2,1-4H3,(H,18,21). The summed E-state index contributed by atoms with van der Waals surface area (Å²) in [6.45, 7) is 9.76. The molecular formula is C17H27N3O3S. The van der Waals surface area contributed by atoms with Gasteiger partial charge in [-0.3, -0.25) is 14.6 Å². The first-order valence-electron chi connectivity index (χ1n) is 8.28. The molecule has 1 N–H and O–H groups in total. The van der Waals surface area contributed by atoms with Crippen molar-refractivity contribution in [3.63, 3.8) is 0 Å². The lowest BCUT2D eigenvalue weighted by atomic mass is 10.2. The van der Waals surface area contributed by atoms with E-state index in [1.807, 2.05) is 6.92 Å². The molecule has 7 heteroatoms. The summed E-state index contributed by atoms with van der Waals surface area (Å²) in [7, 11) is -3.38. The molecule has 1 aliphatic rings. The fourth-order valence-electron chi connectivity index (χ4n) is 2.94. The third kappa shape index (κ3) is 4.55. The van der Waals surface area contributed by atoms with E-state index in [1.54, 1.807) is 18.2 Å². The van der Waals surface area contributed by atoms with Gasteiger partial charge in [0, 0.05) is 38.5 Å². The monoisotopic (exact) mass is 353 g/mol. The smallest absolute Gasteiger partial charge is 0.241 e. The summed E-state index contributed by atoms with van der Waals surface area (Å²) < 4.78 is 23.7. The van der Waals surface area contributed by atoms with Crippen molar-refractivity contribution in [3.8, 4) is 0 Å². The van der Waals surface area contributed by atoms with Gasteiger partial charge in [0.2, 0.25) is 5.91 Å². The highest BCUT2D eigenvalue weighted by Crippen LogP contribution is 2.21. The van der Waals surface area contributed by atoms with E-state index in [0.29, 0.717) is 11.7 Å². The Kier molecular flexibility index (Phi) is 6.01. The zero-order valence-electron chi connectivity index (χ0n) is 14.8. The summed E-state index contributed by atoms with van der Waals surface area (Å²) in [6.07, 6.45) is 1.15. The number of nitrogens with zero attached hydrogens (tertiary/aromatic N) is 2. The van der Waals surface area contributed by atoms with E-state index in [0.717, 1.165) is 32.4 Å². The van der Waals surface area contributed by atoms with Crippen LogP contribution in [-0.2, 0) is 14.6 Å². The molecule has 1 amide bonds. The Labute approximate surface area is 144 Å². The number of nitrogens with one attached hydrogen (secondary N) is 1. The molecule has 24 heavy (non-hydrogen) atoms. The molecule has 0 radical (unpaired) electrons. The van der Waals surface area contributed by atoms with Gasteiger partial charge in [-0.2, -0.15) is 0 Å². The Morgan fingerprint density at radius 3 is 2.12 bits per heavy atom. The maximum Gasteiger partial charge on any atom is 0.241 e. The molecule has 1 aromatic carbocycles. The number of hydrogen-bond donors (Lipinski definition) is 1. The normalized spacial score (nSPS) is 18.5. The molecule has 1 unspecified atom stereocenters. The lowest BCUT2D eigenvalue weighted by molar-refractivity contribution is -0.121. The molecule has 0 aliphatic carbocycles. The van der Waals surface area contributed by atoms with Crippen LogP contribution in [0.3, 0.4) is 0 Å². The maximum absolute atomic E-state index is 12.5. The Bertz CT molecular complexity index is 680. The predicted molar refractivity (Wildman–Crippen MR) is 95.9 cm³/mol. The van der Waals surface area contributed by atoms with Crippen LogP contribution in [0.5, 0.6) is 0 Å². The molecule has 2 rings (SSSR count). The molecule has 1 saturated heterocycles. The van der Waals surface area contributed by atoms with Crippen LogP contribution in [0.1, 0.15) is 20.8 Å². The molecular weight excluding hydrogens is 326 g/mol. The SMILES string of the molecule is CC(C)N1CCN(C(C)C(=O)Nc2ccccc2S(C)(=O)=O)CC1. The molecule has 0 bridgehead atoms. The number of hydrogen-bond acceptors (Lipinski definition) is 5. The molecule has 0 aromatic heterocycles. The third-order valence-electron chi connectivity index (χ3n) is 4.55. The van der Waals surface area contributed by atoms with Crippen LogP contribution in [0.4, 0.5) is 5.69 Å². The number of sulfone groups is 1. The molecule has 1 heterocycles. The van der Waals surface area contributed by atoms with Gasteiger partial charge in [0.15, 0.2) is 9.84 Å². The molecule has 1 atom stereocenters. The van der Waals surface area contributed by atoms with Gasteiger partial charge in [-0.05, 0) is 32.9 Å². The number of benzene rings is 1. The predicted octanol–water partition coefficient (Wildman–Crippen LogP) is 1.44. The molecule has 6 nitrogen and oxygen atoms in total. The lowest BCUT2D eigenvalue weighted by Gasteiger charge is -2.39.